The molecule has 0 aliphatic rings. The number of anilines is 1. The van der Waals surface area contributed by atoms with Crippen LogP contribution in [-0.4, -0.2) is 29.5 Å². The molecular weight excluding hydrogens is 543 g/mol. The maximum Gasteiger partial charge on any atom is 0.416 e. The van der Waals surface area contributed by atoms with Gasteiger partial charge >= 0.3 is 12.1 Å². The fraction of sp³-hybridized carbons (Fsp3) is 0.160. The van der Waals surface area contributed by atoms with Crippen LogP contribution in [-0.2, 0) is 29.4 Å². The summed E-state index contributed by atoms with van der Waals surface area (Å²) < 4.78 is 74.5. The number of rotatable bonds is 9. The van der Waals surface area contributed by atoms with Crippen LogP contribution in [0, 0.1) is 6.92 Å². The van der Waals surface area contributed by atoms with Crippen LogP contribution >= 0.6 is 11.3 Å². The first kappa shape index (κ1) is 27.1. The van der Waals surface area contributed by atoms with Crippen molar-refractivity contribution < 1.29 is 36.2 Å². The second kappa shape index (κ2) is 10.8. The first-order valence-corrected chi connectivity index (χ1v) is 13.3. The molecule has 2 heterocycles. The smallest absolute Gasteiger partial charge is 0.416 e. The Hall–Kier alpha value is -3.97. The Morgan fingerprint density at radius 3 is 2.42 bits per heavy atom. The van der Waals surface area contributed by atoms with Gasteiger partial charge in [-0.3, -0.25) is 9.29 Å². The number of ether oxygens (including phenoxy) is 1. The molecule has 0 amide bonds. The number of benzene rings is 2. The Kier molecular flexibility index (Phi) is 7.69. The van der Waals surface area contributed by atoms with Crippen LogP contribution in [0.3, 0.4) is 0 Å². The highest BCUT2D eigenvalue weighted by Crippen LogP contribution is 2.40. The van der Waals surface area contributed by atoms with Gasteiger partial charge < -0.3 is 9.84 Å². The Morgan fingerprint density at radius 2 is 1.84 bits per heavy atom. The third-order valence-corrected chi connectivity index (χ3v) is 8.40. The topological polar surface area (TPSA) is 110 Å². The number of hydrogen-bond donors (Lipinski definition) is 1. The van der Waals surface area contributed by atoms with Gasteiger partial charge in [0.2, 0.25) is 4.34 Å². The van der Waals surface area contributed by atoms with Gasteiger partial charge in [0.05, 0.1) is 29.1 Å². The van der Waals surface area contributed by atoms with Crippen LogP contribution in [0.15, 0.2) is 76.6 Å². The minimum absolute atomic E-state index is 0.0277. The molecular formula is C25H20F3N3O5S2. The van der Waals surface area contributed by atoms with Crippen molar-refractivity contribution in [2.75, 3.05) is 4.31 Å². The highest BCUT2D eigenvalue weighted by Gasteiger charge is 2.35. The molecule has 0 saturated heterocycles. The minimum atomic E-state index is -4.71. The van der Waals surface area contributed by atoms with Crippen molar-refractivity contribution in [2.24, 2.45) is 0 Å². The van der Waals surface area contributed by atoms with E-state index in [0.717, 1.165) is 33.8 Å². The van der Waals surface area contributed by atoms with Gasteiger partial charge in [0.1, 0.15) is 12.4 Å². The third kappa shape index (κ3) is 6.11. The molecule has 0 saturated carbocycles. The predicted molar refractivity (Wildman–Crippen MR) is 134 cm³/mol. The van der Waals surface area contributed by atoms with E-state index >= 15 is 0 Å². The summed E-state index contributed by atoms with van der Waals surface area (Å²) in [7, 11) is -4.33. The molecule has 0 atom stereocenters. The highest BCUT2D eigenvalue weighted by molar-refractivity contribution is 7.94. The lowest BCUT2D eigenvalue weighted by Crippen LogP contribution is -2.31. The number of nitrogens with zero attached hydrogens (tertiary/aromatic N) is 3. The Bertz CT molecular complexity index is 1540. The molecule has 8 nitrogen and oxygen atoms in total. The van der Waals surface area contributed by atoms with Crippen molar-refractivity contribution in [3.8, 4) is 5.75 Å². The number of aromatic carboxylic acids is 1. The number of pyridine rings is 1. The van der Waals surface area contributed by atoms with E-state index in [1.807, 2.05) is 0 Å². The number of aromatic nitrogens is 2. The van der Waals surface area contributed by atoms with E-state index < -0.39 is 27.7 Å². The molecule has 0 fully saturated rings. The number of halogens is 3. The predicted octanol–water partition coefficient (Wildman–Crippen LogP) is 5.54. The molecule has 0 unspecified atom stereocenters. The van der Waals surface area contributed by atoms with Gasteiger partial charge in [-0.1, -0.05) is 18.2 Å². The summed E-state index contributed by atoms with van der Waals surface area (Å²) in [6.45, 7) is 1.08. The van der Waals surface area contributed by atoms with E-state index in [1.54, 1.807) is 30.5 Å². The quantitative estimate of drug-likeness (QED) is 0.285. The highest BCUT2D eigenvalue weighted by atomic mass is 32.2. The average molecular weight is 564 g/mol. The molecule has 198 valence electrons. The molecule has 13 heteroatoms. The summed E-state index contributed by atoms with van der Waals surface area (Å²) in [5.74, 6) is -1.47. The maximum atomic E-state index is 13.7. The van der Waals surface area contributed by atoms with Gasteiger partial charge in [-0.15, -0.1) is 11.3 Å². The summed E-state index contributed by atoms with van der Waals surface area (Å²) in [5, 5.41) is 10.6. The normalized spacial score (nSPS) is 11.8. The van der Waals surface area contributed by atoms with Crippen LogP contribution in [0.25, 0.3) is 0 Å². The van der Waals surface area contributed by atoms with E-state index in [2.05, 4.69) is 9.97 Å². The Labute approximate surface area is 220 Å². The van der Waals surface area contributed by atoms with Crippen LogP contribution in [0.4, 0.5) is 18.9 Å². The van der Waals surface area contributed by atoms with E-state index in [-0.39, 0.29) is 34.5 Å². The number of aryl methyl sites for hydroxylation is 1. The molecule has 4 aromatic rings. The average Bonchev–Trinajstić information content (AvgIpc) is 3.33. The standard InChI is InChI=1S/C25H20F3N3O5S2/c1-16-15-37-24(30-16)38(34,35)31(13-20-4-2-3-11-29-20)21-10-9-19(25(26,27)28)12-22(21)36-14-17-5-7-18(8-6-17)23(32)33/h2-12,15H,13-14H2,1H3,(H,32,33). The number of sulfonamides is 1. The maximum absolute atomic E-state index is 13.7. The number of carbonyl (C=O) groups is 1. The van der Waals surface area contributed by atoms with Gasteiger partial charge in [-0.2, -0.15) is 21.6 Å². The SMILES string of the molecule is Cc1csc(S(=O)(=O)N(Cc2ccccn2)c2ccc(C(F)(F)F)cc2OCc2ccc(C(=O)O)cc2)n1. The summed E-state index contributed by atoms with van der Waals surface area (Å²) in [5.41, 5.74) is 0.142. The summed E-state index contributed by atoms with van der Waals surface area (Å²) >= 11 is 0.887. The van der Waals surface area contributed by atoms with Crippen molar-refractivity contribution in [1.29, 1.82) is 0 Å². The van der Waals surface area contributed by atoms with Crippen molar-refractivity contribution in [3.05, 3.63) is 100 Å². The lowest BCUT2D eigenvalue weighted by Gasteiger charge is -2.26. The van der Waals surface area contributed by atoms with Crippen molar-refractivity contribution in [3.63, 3.8) is 0 Å². The second-order valence-corrected chi connectivity index (χ2v) is 11.0. The fourth-order valence-corrected chi connectivity index (χ4v) is 5.98. The molecule has 0 aliphatic carbocycles. The first-order chi connectivity index (χ1) is 17.9. The number of carboxylic acids is 1. The molecule has 2 aromatic heterocycles. The fourth-order valence-electron chi connectivity index (χ4n) is 3.40. The van der Waals surface area contributed by atoms with Crippen LogP contribution in [0.2, 0.25) is 0 Å². The van der Waals surface area contributed by atoms with E-state index in [0.29, 0.717) is 17.0 Å². The number of alkyl halides is 3. The van der Waals surface area contributed by atoms with Gasteiger partial charge in [0.15, 0.2) is 0 Å². The second-order valence-electron chi connectivity index (χ2n) is 8.06. The van der Waals surface area contributed by atoms with Crippen molar-refractivity contribution in [1.82, 2.24) is 9.97 Å². The Morgan fingerprint density at radius 1 is 1.11 bits per heavy atom. The molecule has 1 N–H and O–H groups in total. The van der Waals surface area contributed by atoms with Gasteiger partial charge in [0, 0.05) is 17.3 Å². The van der Waals surface area contributed by atoms with E-state index in [1.165, 1.54) is 30.5 Å². The van der Waals surface area contributed by atoms with Crippen molar-refractivity contribution >= 4 is 33.0 Å². The number of thiazole rings is 1. The minimum Gasteiger partial charge on any atom is -0.487 e. The zero-order chi connectivity index (χ0) is 27.5. The number of carboxylic acid groups (broad SMARTS) is 1. The molecule has 0 bridgehead atoms. The molecule has 4 rings (SSSR count). The molecule has 2 aromatic carbocycles. The lowest BCUT2D eigenvalue weighted by molar-refractivity contribution is -0.137. The Balaban J connectivity index is 1.79. The monoisotopic (exact) mass is 563 g/mol. The molecule has 0 aliphatic heterocycles. The molecule has 0 spiro atoms. The van der Waals surface area contributed by atoms with Crippen LogP contribution in [0.5, 0.6) is 5.75 Å². The summed E-state index contributed by atoms with van der Waals surface area (Å²) in [6, 6.07) is 13.0. The van der Waals surface area contributed by atoms with Gasteiger partial charge in [-0.05, 0) is 55.0 Å². The lowest BCUT2D eigenvalue weighted by atomic mass is 10.1. The third-order valence-electron chi connectivity index (χ3n) is 5.29. The zero-order valence-electron chi connectivity index (χ0n) is 19.7. The summed E-state index contributed by atoms with van der Waals surface area (Å²) in [6.07, 6.45) is -3.24. The van der Waals surface area contributed by atoms with E-state index in [4.69, 9.17) is 9.84 Å². The van der Waals surface area contributed by atoms with Crippen molar-refractivity contribution in [2.45, 2.75) is 30.6 Å². The van der Waals surface area contributed by atoms with Crippen LogP contribution < -0.4 is 9.04 Å². The van der Waals surface area contributed by atoms with Gasteiger partial charge in [0.25, 0.3) is 10.0 Å². The molecule has 38 heavy (non-hydrogen) atoms. The zero-order valence-corrected chi connectivity index (χ0v) is 21.3. The number of hydrogen-bond acceptors (Lipinski definition) is 7. The van der Waals surface area contributed by atoms with Crippen LogP contribution in [0.1, 0.15) is 32.9 Å². The summed E-state index contributed by atoms with van der Waals surface area (Å²) in [4.78, 5) is 19.3. The largest absolute Gasteiger partial charge is 0.487 e. The van der Waals surface area contributed by atoms with Gasteiger partial charge in [-0.25, -0.2) is 9.78 Å². The van der Waals surface area contributed by atoms with E-state index in [9.17, 15) is 26.4 Å². The molecule has 0 radical (unpaired) electrons. The first-order valence-electron chi connectivity index (χ1n) is 11.0.